The lowest BCUT2D eigenvalue weighted by atomic mass is 9.99. The Morgan fingerprint density at radius 1 is 1.53 bits per heavy atom. The Bertz CT molecular complexity index is 460. The molecule has 19 heavy (non-hydrogen) atoms. The molecule has 2 aliphatic heterocycles. The number of amides is 1. The average Bonchev–Trinajstić information content (AvgIpc) is 2.89. The molecule has 0 bridgehead atoms. The molecule has 2 N–H and O–H groups in total. The molecule has 3 atom stereocenters. The summed E-state index contributed by atoms with van der Waals surface area (Å²) in [5, 5.41) is 8.80. The predicted molar refractivity (Wildman–Crippen MR) is 81.9 cm³/mol. The van der Waals surface area contributed by atoms with E-state index in [-0.39, 0.29) is 17.2 Å². The number of carbonyl (C=O) groups excluding carboxylic acids is 1. The molecule has 3 rings (SSSR count). The molecule has 3 nitrogen and oxygen atoms in total. The van der Waals surface area contributed by atoms with Crippen LogP contribution in [-0.4, -0.2) is 30.3 Å². The zero-order chi connectivity index (χ0) is 13.2. The van der Waals surface area contributed by atoms with Gasteiger partial charge >= 0.3 is 0 Å². The molecule has 0 radical (unpaired) electrons. The Balaban J connectivity index is 1.68. The third-order valence-electron chi connectivity index (χ3n) is 4.00. The Hall–Kier alpha value is -0.520. The molecule has 3 heterocycles. The summed E-state index contributed by atoms with van der Waals surface area (Å²) in [4.78, 5) is 13.9. The van der Waals surface area contributed by atoms with Crippen LogP contribution in [0.25, 0.3) is 0 Å². The molecule has 2 aliphatic rings. The fraction of sp³-hybridized carbons (Fsp3) is 0.643. The summed E-state index contributed by atoms with van der Waals surface area (Å²) in [5.74, 6) is 1.26. The fourth-order valence-corrected chi connectivity index (χ4v) is 5.17. The SMILES string of the molecule is CC1NCCCC1NC(=O)C1SCCc2sccc21. The van der Waals surface area contributed by atoms with E-state index >= 15 is 0 Å². The highest BCUT2D eigenvalue weighted by atomic mass is 32.2. The lowest BCUT2D eigenvalue weighted by Gasteiger charge is -2.32. The van der Waals surface area contributed by atoms with Crippen LogP contribution in [0.15, 0.2) is 11.4 Å². The third-order valence-corrected chi connectivity index (χ3v) is 6.24. The summed E-state index contributed by atoms with van der Waals surface area (Å²) in [5.41, 5.74) is 1.25. The highest BCUT2D eigenvalue weighted by Crippen LogP contribution is 2.39. The molecule has 0 aliphatic carbocycles. The van der Waals surface area contributed by atoms with Gasteiger partial charge in [0.15, 0.2) is 0 Å². The van der Waals surface area contributed by atoms with E-state index in [4.69, 9.17) is 0 Å². The van der Waals surface area contributed by atoms with Crippen molar-refractivity contribution in [3.63, 3.8) is 0 Å². The zero-order valence-electron chi connectivity index (χ0n) is 11.1. The maximum Gasteiger partial charge on any atom is 0.237 e. The van der Waals surface area contributed by atoms with E-state index in [2.05, 4.69) is 29.0 Å². The monoisotopic (exact) mass is 296 g/mol. The number of thiophene rings is 1. The second-order valence-electron chi connectivity index (χ2n) is 5.30. The van der Waals surface area contributed by atoms with Crippen molar-refractivity contribution >= 4 is 29.0 Å². The molecular weight excluding hydrogens is 276 g/mol. The summed E-state index contributed by atoms with van der Waals surface area (Å²) in [6, 6.07) is 2.79. The van der Waals surface area contributed by atoms with E-state index in [0.29, 0.717) is 6.04 Å². The summed E-state index contributed by atoms with van der Waals surface area (Å²) >= 11 is 3.57. The van der Waals surface area contributed by atoms with Crippen LogP contribution in [0.1, 0.15) is 35.5 Å². The number of nitrogens with one attached hydrogen (secondary N) is 2. The first-order valence-corrected chi connectivity index (χ1v) is 8.90. The molecule has 1 aromatic heterocycles. The van der Waals surface area contributed by atoms with Crippen molar-refractivity contribution < 1.29 is 4.79 Å². The van der Waals surface area contributed by atoms with Crippen molar-refractivity contribution in [1.29, 1.82) is 0 Å². The maximum absolute atomic E-state index is 12.5. The molecule has 3 unspecified atom stereocenters. The number of aryl methyl sites for hydroxylation is 1. The van der Waals surface area contributed by atoms with Gasteiger partial charge in [0.1, 0.15) is 5.25 Å². The molecule has 1 saturated heterocycles. The number of hydrogen-bond donors (Lipinski definition) is 2. The maximum atomic E-state index is 12.5. The van der Waals surface area contributed by atoms with Gasteiger partial charge in [0.05, 0.1) is 0 Å². The Labute approximate surface area is 122 Å². The van der Waals surface area contributed by atoms with Gasteiger partial charge in [-0.1, -0.05) is 0 Å². The molecule has 1 amide bonds. The Morgan fingerprint density at radius 3 is 3.26 bits per heavy atom. The van der Waals surface area contributed by atoms with Crippen LogP contribution in [0.5, 0.6) is 0 Å². The minimum absolute atomic E-state index is 0.00382. The second-order valence-corrected chi connectivity index (χ2v) is 7.51. The van der Waals surface area contributed by atoms with Crippen LogP contribution in [0, 0.1) is 0 Å². The van der Waals surface area contributed by atoms with Crippen molar-refractivity contribution in [1.82, 2.24) is 10.6 Å². The third kappa shape index (κ3) is 2.83. The number of thioether (sulfide) groups is 1. The lowest BCUT2D eigenvalue weighted by molar-refractivity contribution is -0.121. The van der Waals surface area contributed by atoms with E-state index in [0.717, 1.165) is 31.6 Å². The zero-order valence-corrected chi connectivity index (χ0v) is 12.8. The minimum Gasteiger partial charge on any atom is -0.351 e. The first-order chi connectivity index (χ1) is 9.25. The highest BCUT2D eigenvalue weighted by Gasteiger charge is 2.31. The number of hydrogen-bond acceptors (Lipinski definition) is 4. The number of carbonyl (C=O) groups is 1. The summed E-state index contributed by atoms with van der Waals surface area (Å²) in [7, 11) is 0. The lowest BCUT2D eigenvalue weighted by Crippen LogP contribution is -2.52. The van der Waals surface area contributed by atoms with Crippen molar-refractivity contribution in [2.75, 3.05) is 12.3 Å². The standard InChI is InChI=1S/C14H20N2OS2/c1-9-11(3-2-6-15-9)16-14(17)13-10-4-7-18-12(10)5-8-19-13/h4,7,9,11,13,15H,2-3,5-6,8H2,1H3,(H,16,17). The van der Waals surface area contributed by atoms with Crippen LogP contribution in [0.3, 0.4) is 0 Å². The van der Waals surface area contributed by atoms with Crippen molar-refractivity contribution in [2.24, 2.45) is 0 Å². The highest BCUT2D eigenvalue weighted by molar-refractivity contribution is 8.00. The van der Waals surface area contributed by atoms with Gasteiger partial charge in [-0.3, -0.25) is 4.79 Å². The number of fused-ring (bicyclic) bond motifs is 1. The van der Waals surface area contributed by atoms with Gasteiger partial charge in [0.2, 0.25) is 5.91 Å². The Kier molecular flexibility index (Phi) is 4.15. The first kappa shape index (κ1) is 13.5. The molecule has 5 heteroatoms. The van der Waals surface area contributed by atoms with Crippen LogP contribution in [-0.2, 0) is 11.2 Å². The summed E-state index contributed by atoms with van der Waals surface area (Å²) < 4.78 is 0. The van der Waals surface area contributed by atoms with E-state index in [1.165, 1.54) is 10.4 Å². The van der Waals surface area contributed by atoms with Gasteiger partial charge in [-0.15, -0.1) is 23.1 Å². The molecule has 1 aromatic rings. The van der Waals surface area contributed by atoms with Gasteiger partial charge in [0, 0.05) is 17.0 Å². The van der Waals surface area contributed by atoms with Crippen LogP contribution < -0.4 is 10.6 Å². The smallest absolute Gasteiger partial charge is 0.237 e. The largest absolute Gasteiger partial charge is 0.351 e. The van der Waals surface area contributed by atoms with Crippen molar-refractivity contribution in [3.8, 4) is 0 Å². The van der Waals surface area contributed by atoms with E-state index in [1.54, 1.807) is 23.1 Å². The van der Waals surface area contributed by atoms with E-state index in [1.807, 2.05) is 0 Å². The normalized spacial score (nSPS) is 30.7. The van der Waals surface area contributed by atoms with Gasteiger partial charge in [-0.25, -0.2) is 0 Å². The molecule has 0 aromatic carbocycles. The minimum atomic E-state index is 0.00382. The fourth-order valence-electron chi connectivity index (χ4n) is 2.86. The molecule has 104 valence electrons. The van der Waals surface area contributed by atoms with Gasteiger partial charge < -0.3 is 10.6 Å². The average molecular weight is 296 g/mol. The Morgan fingerprint density at radius 2 is 2.42 bits per heavy atom. The van der Waals surface area contributed by atoms with Crippen LogP contribution in [0.4, 0.5) is 0 Å². The van der Waals surface area contributed by atoms with Crippen molar-refractivity contribution in [3.05, 3.63) is 21.9 Å². The second kappa shape index (κ2) is 5.85. The molecule has 0 spiro atoms. The van der Waals surface area contributed by atoms with Gasteiger partial charge in [-0.05, 0) is 55.5 Å². The van der Waals surface area contributed by atoms with Crippen LogP contribution >= 0.6 is 23.1 Å². The quantitative estimate of drug-likeness (QED) is 0.880. The van der Waals surface area contributed by atoms with Gasteiger partial charge in [-0.2, -0.15) is 0 Å². The number of piperidine rings is 1. The molecular formula is C14H20N2OS2. The van der Waals surface area contributed by atoms with E-state index in [9.17, 15) is 4.79 Å². The van der Waals surface area contributed by atoms with Crippen molar-refractivity contribution in [2.45, 2.75) is 43.5 Å². The predicted octanol–water partition coefficient (Wildman–Crippen LogP) is 2.34. The topological polar surface area (TPSA) is 41.1 Å². The van der Waals surface area contributed by atoms with E-state index < -0.39 is 0 Å². The summed E-state index contributed by atoms with van der Waals surface area (Å²) in [6.45, 7) is 3.23. The molecule has 0 saturated carbocycles. The number of rotatable bonds is 2. The molecule has 1 fully saturated rings. The van der Waals surface area contributed by atoms with Crippen LogP contribution in [0.2, 0.25) is 0 Å². The first-order valence-electron chi connectivity index (χ1n) is 6.97. The summed E-state index contributed by atoms with van der Waals surface area (Å²) in [6.07, 6.45) is 3.35. The van der Waals surface area contributed by atoms with Gasteiger partial charge in [0.25, 0.3) is 0 Å².